The summed E-state index contributed by atoms with van der Waals surface area (Å²) in [5, 5.41) is 2.84. The van der Waals surface area contributed by atoms with Crippen LogP contribution < -0.4 is 9.62 Å². The van der Waals surface area contributed by atoms with E-state index in [0.717, 1.165) is 26.9 Å². The van der Waals surface area contributed by atoms with Crippen molar-refractivity contribution in [2.75, 3.05) is 10.8 Å². The first kappa shape index (κ1) is 24.7. The average Bonchev–Trinajstić information content (AvgIpc) is 3.27. The number of nitrogens with one attached hydrogen (secondary N) is 1. The molecule has 0 aliphatic carbocycles. The van der Waals surface area contributed by atoms with Crippen LogP contribution in [-0.2, 0) is 21.4 Å². The fourth-order valence-electron chi connectivity index (χ4n) is 3.60. The lowest BCUT2D eigenvalue weighted by molar-refractivity contribution is -0.119. The molecule has 0 atom stereocenters. The molecule has 1 N–H and O–H groups in total. The van der Waals surface area contributed by atoms with Crippen LogP contribution >= 0.6 is 15.9 Å². The van der Waals surface area contributed by atoms with Gasteiger partial charge in [0, 0.05) is 29.1 Å². The quantitative estimate of drug-likeness (QED) is 0.341. The van der Waals surface area contributed by atoms with Crippen LogP contribution in [0.1, 0.15) is 17.0 Å². The molecule has 7 nitrogen and oxygen atoms in total. The Morgan fingerprint density at radius 2 is 1.74 bits per heavy atom. The number of carbonyl (C=O) groups excluding carboxylic acids is 1. The van der Waals surface area contributed by atoms with Crippen LogP contribution in [0.4, 0.5) is 5.69 Å². The molecule has 1 heterocycles. The van der Waals surface area contributed by atoms with Crippen molar-refractivity contribution in [3.8, 4) is 5.69 Å². The van der Waals surface area contributed by atoms with Crippen molar-refractivity contribution >= 4 is 37.5 Å². The Labute approximate surface area is 213 Å². The summed E-state index contributed by atoms with van der Waals surface area (Å²) in [6, 6.07) is 21.2. The highest BCUT2D eigenvalue weighted by Gasteiger charge is 2.27. The van der Waals surface area contributed by atoms with Gasteiger partial charge in [-0.15, -0.1) is 0 Å². The maximum absolute atomic E-state index is 13.5. The van der Waals surface area contributed by atoms with E-state index in [1.807, 2.05) is 48.9 Å². The smallest absolute Gasteiger partial charge is 0.264 e. The second-order valence-corrected chi connectivity index (χ2v) is 10.9. The van der Waals surface area contributed by atoms with Gasteiger partial charge < -0.3 is 9.88 Å². The van der Waals surface area contributed by atoms with Gasteiger partial charge in [0.2, 0.25) is 5.91 Å². The number of sulfonamides is 1. The number of aryl methyl sites for hydroxylation is 2. The first-order chi connectivity index (χ1) is 16.7. The van der Waals surface area contributed by atoms with E-state index in [-0.39, 0.29) is 18.0 Å². The minimum Gasteiger partial charge on any atom is -0.350 e. The molecule has 0 fully saturated rings. The molecular formula is C26H25BrN4O3S. The van der Waals surface area contributed by atoms with Crippen molar-refractivity contribution < 1.29 is 13.2 Å². The number of rotatable bonds is 8. The zero-order chi connectivity index (χ0) is 25.0. The van der Waals surface area contributed by atoms with Crippen molar-refractivity contribution in [3.63, 3.8) is 0 Å². The highest BCUT2D eigenvalue weighted by molar-refractivity contribution is 9.10. The Morgan fingerprint density at radius 3 is 2.37 bits per heavy atom. The molecule has 35 heavy (non-hydrogen) atoms. The van der Waals surface area contributed by atoms with E-state index in [2.05, 4.69) is 26.2 Å². The molecule has 0 spiro atoms. The van der Waals surface area contributed by atoms with Crippen LogP contribution in [0.5, 0.6) is 0 Å². The number of amides is 1. The van der Waals surface area contributed by atoms with Crippen molar-refractivity contribution in [3.05, 3.63) is 107 Å². The van der Waals surface area contributed by atoms with Gasteiger partial charge in [0.15, 0.2) is 0 Å². The standard InChI is InChI=1S/C26H25BrN4O3S/c1-19-6-12-25(13-7-19)35(33,34)31(24-5-3-4-22(27)16-24)18-26(32)29-17-21-8-10-23(11-9-21)30-15-14-28-20(30)2/h3-16H,17-18H2,1-2H3,(H,29,32). The molecule has 3 aromatic carbocycles. The van der Waals surface area contributed by atoms with E-state index < -0.39 is 15.9 Å². The van der Waals surface area contributed by atoms with E-state index in [1.54, 1.807) is 54.7 Å². The molecule has 0 bridgehead atoms. The third kappa shape index (κ3) is 5.80. The molecule has 0 aliphatic rings. The second kappa shape index (κ2) is 10.5. The van der Waals surface area contributed by atoms with Crippen LogP contribution in [0.25, 0.3) is 5.69 Å². The number of carbonyl (C=O) groups is 1. The third-order valence-corrected chi connectivity index (χ3v) is 7.80. The zero-order valence-corrected chi connectivity index (χ0v) is 21.8. The molecule has 0 unspecified atom stereocenters. The topological polar surface area (TPSA) is 84.3 Å². The summed E-state index contributed by atoms with van der Waals surface area (Å²) in [5.41, 5.74) is 3.22. The molecular weight excluding hydrogens is 528 g/mol. The highest BCUT2D eigenvalue weighted by Crippen LogP contribution is 2.26. The van der Waals surface area contributed by atoms with E-state index in [0.29, 0.717) is 10.2 Å². The summed E-state index contributed by atoms with van der Waals surface area (Å²) in [7, 11) is -3.96. The number of halogens is 1. The first-order valence-corrected chi connectivity index (χ1v) is 13.2. The van der Waals surface area contributed by atoms with Gasteiger partial charge >= 0.3 is 0 Å². The van der Waals surface area contributed by atoms with Gasteiger partial charge in [0.1, 0.15) is 12.4 Å². The van der Waals surface area contributed by atoms with Gasteiger partial charge in [-0.1, -0.05) is 51.8 Å². The number of imidazole rings is 1. The lowest BCUT2D eigenvalue weighted by Gasteiger charge is -2.24. The Morgan fingerprint density at radius 1 is 1.03 bits per heavy atom. The van der Waals surface area contributed by atoms with E-state index in [1.165, 1.54) is 0 Å². The van der Waals surface area contributed by atoms with Gasteiger partial charge in [-0.25, -0.2) is 13.4 Å². The number of nitrogens with zero attached hydrogens (tertiary/aromatic N) is 3. The minimum atomic E-state index is -3.96. The molecule has 4 rings (SSSR count). The maximum Gasteiger partial charge on any atom is 0.264 e. The van der Waals surface area contributed by atoms with Crippen LogP contribution in [0.15, 0.2) is 94.6 Å². The lowest BCUT2D eigenvalue weighted by Crippen LogP contribution is -2.40. The molecule has 180 valence electrons. The van der Waals surface area contributed by atoms with Crippen molar-refractivity contribution in [2.24, 2.45) is 0 Å². The average molecular weight is 553 g/mol. The van der Waals surface area contributed by atoms with Crippen molar-refractivity contribution in [1.29, 1.82) is 0 Å². The summed E-state index contributed by atoms with van der Waals surface area (Å²) in [5.74, 6) is 0.476. The largest absolute Gasteiger partial charge is 0.350 e. The van der Waals surface area contributed by atoms with Crippen LogP contribution in [0, 0.1) is 13.8 Å². The Bertz CT molecular complexity index is 1430. The fraction of sp³-hybridized carbons (Fsp3) is 0.154. The SMILES string of the molecule is Cc1ccc(S(=O)(=O)N(CC(=O)NCc2ccc(-n3ccnc3C)cc2)c2cccc(Br)c2)cc1. The van der Waals surface area contributed by atoms with E-state index in [9.17, 15) is 13.2 Å². The van der Waals surface area contributed by atoms with Crippen molar-refractivity contribution in [1.82, 2.24) is 14.9 Å². The van der Waals surface area contributed by atoms with Gasteiger partial charge in [-0.3, -0.25) is 9.10 Å². The normalized spacial score (nSPS) is 11.3. The summed E-state index contributed by atoms with van der Waals surface area (Å²) in [4.78, 5) is 17.2. The predicted molar refractivity (Wildman–Crippen MR) is 140 cm³/mol. The van der Waals surface area contributed by atoms with Gasteiger partial charge in [0.05, 0.1) is 10.6 Å². The third-order valence-electron chi connectivity index (χ3n) is 5.52. The number of hydrogen-bond donors (Lipinski definition) is 1. The van der Waals surface area contributed by atoms with Crippen LogP contribution in [0.3, 0.4) is 0 Å². The molecule has 0 aliphatic heterocycles. The predicted octanol–water partition coefficient (Wildman–Crippen LogP) is 4.76. The molecule has 0 saturated heterocycles. The Balaban J connectivity index is 1.50. The number of benzene rings is 3. The van der Waals surface area contributed by atoms with Crippen LogP contribution in [0.2, 0.25) is 0 Å². The molecule has 9 heteroatoms. The number of anilines is 1. The maximum atomic E-state index is 13.5. The molecule has 0 radical (unpaired) electrons. The second-order valence-electron chi connectivity index (χ2n) is 8.09. The minimum absolute atomic E-state index is 0.126. The molecule has 1 aromatic heterocycles. The fourth-order valence-corrected chi connectivity index (χ4v) is 5.40. The van der Waals surface area contributed by atoms with Crippen molar-refractivity contribution in [2.45, 2.75) is 25.3 Å². The number of hydrogen-bond acceptors (Lipinski definition) is 4. The summed E-state index contributed by atoms with van der Waals surface area (Å²) < 4.78 is 30.7. The molecule has 0 saturated carbocycles. The van der Waals surface area contributed by atoms with Gasteiger partial charge in [0.25, 0.3) is 10.0 Å². The van der Waals surface area contributed by atoms with E-state index >= 15 is 0 Å². The summed E-state index contributed by atoms with van der Waals surface area (Å²) in [6.45, 7) is 3.74. The molecule has 4 aromatic rings. The highest BCUT2D eigenvalue weighted by atomic mass is 79.9. The van der Waals surface area contributed by atoms with Gasteiger partial charge in [-0.2, -0.15) is 0 Å². The monoisotopic (exact) mass is 552 g/mol. The summed E-state index contributed by atoms with van der Waals surface area (Å²) in [6.07, 6.45) is 3.63. The Hall–Kier alpha value is -3.43. The Kier molecular flexibility index (Phi) is 7.37. The van der Waals surface area contributed by atoms with Crippen LogP contribution in [-0.4, -0.2) is 30.4 Å². The lowest BCUT2D eigenvalue weighted by atomic mass is 10.2. The zero-order valence-electron chi connectivity index (χ0n) is 19.3. The first-order valence-electron chi connectivity index (χ1n) is 10.9. The number of aromatic nitrogens is 2. The summed E-state index contributed by atoms with van der Waals surface area (Å²) >= 11 is 3.39. The van der Waals surface area contributed by atoms with Gasteiger partial charge in [-0.05, 0) is 61.9 Å². The van der Waals surface area contributed by atoms with E-state index in [4.69, 9.17) is 0 Å². The molecule has 1 amide bonds.